The number of aromatic nitrogens is 2. The lowest BCUT2D eigenvalue weighted by atomic mass is 10.1. The highest BCUT2D eigenvalue weighted by Crippen LogP contribution is 2.21. The van der Waals surface area contributed by atoms with E-state index >= 15 is 0 Å². The molecule has 0 spiro atoms. The van der Waals surface area contributed by atoms with Gasteiger partial charge in [-0.1, -0.05) is 11.6 Å². The molecule has 0 saturated heterocycles. The first kappa shape index (κ1) is 18.5. The summed E-state index contributed by atoms with van der Waals surface area (Å²) in [6.45, 7) is 3.45. The predicted molar refractivity (Wildman–Crippen MR) is 97.0 cm³/mol. The van der Waals surface area contributed by atoms with Crippen LogP contribution < -0.4 is 10.9 Å². The summed E-state index contributed by atoms with van der Waals surface area (Å²) in [7, 11) is 0. The Bertz CT molecular complexity index is 1090. The van der Waals surface area contributed by atoms with Gasteiger partial charge in [0.1, 0.15) is 17.1 Å². The second kappa shape index (κ2) is 7.16. The molecule has 2 aromatic carbocycles. The lowest BCUT2D eigenvalue weighted by molar-refractivity contribution is 0.0845. The first-order valence-electron chi connectivity index (χ1n) is 7.80. The lowest BCUT2D eigenvalue weighted by Crippen LogP contribution is -2.41. The second-order valence-electron chi connectivity index (χ2n) is 5.79. The van der Waals surface area contributed by atoms with Crippen LogP contribution >= 0.6 is 11.6 Å². The Morgan fingerprint density at radius 1 is 1.00 bits per heavy atom. The van der Waals surface area contributed by atoms with Crippen molar-refractivity contribution in [3.8, 4) is 5.75 Å². The molecule has 0 saturated carbocycles. The van der Waals surface area contributed by atoms with Gasteiger partial charge in [0, 0.05) is 11.1 Å². The molecular weight excluding hydrogens is 375 g/mol. The Labute approximate surface area is 158 Å². The van der Waals surface area contributed by atoms with Crippen LogP contribution in [0.15, 0.2) is 30.3 Å². The minimum absolute atomic E-state index is 0.0868. The summed E-state index contributed by atoms with van der Waals surface area (Å²) in [5.74, 6) is -2.54. The van der Waals surface area contributed by atoms with E-state index in [2.05, 4.69) is 20.8 Å². The number of halogens is 2. The number of carbonyl (C=O) groups is 2. The lowest BCUT2D eigenvalue weighted by Gasteiger charge is -2.11. The second-order valence-corrected chi connectivity index (χ2v) is 6.22. The fraction of sp³-hybridized carbons (Fsp3) is 0.111. The summed E-state index contributed by atoms with van der Waals surface area (Å²) in [5, 5.41) is 9.96. The van der Waals surface area contributed by atoms with Gasteiger partial charge in [-0.2, -0.15) is 0 Å². The summed E-state index contributed by atoms with van der Waals surface area (Å²) >= 11 is 5.79. The summed E-state index contributed by atoms with van der Waals surface area (Å²) in [6.07, 6.45) is 0. The monoisotopic (exact) mass is 388 g/mol. The fourth-order valence-corrected chi connectivity index (χ4v) is 2.58. The highest BCUT2D eigenvalue weighted by Gasteiger charge is 2.17. The smallest absolute Gasteiger partial charge is 0.273 e. The number of phenols is 1. The molecule has 1 heterocycles. The maximum Gasteiger partial charge on any atom is 0.273 e. The van der Waals surface area contributed by atoms with Crippen LogP contribution in [0.2, 0.25) is 5.02 Å². The quantitative estimate of drug-likeness (QED) is 0.585. The van der Waals surface area contributed by atoms with Crippen molar-refractivity contribution in [2.45, 2.75) is 13.8 Å². The van der Waals surface area contributed by atoms with Gasteiger partial charge in [-0.05, 0) is 38.1 Å². The number of rotatable bonds is 2. The molecule has 0 unspecified atom stereocenters. The molecule has 0 atom stereocenters. The van der Waals surface area contributed by atoms with Crippen molar-refractivity contribution in [1.29, 1.82) is 0 Å². The van der Waals surface area contributed by atoms with Crippen LogP contribution in [0.4, 0.5) is 4.39 Å². The SMILES string of the molecule is Cc1nc2cc(F)cc(C(=O)NNC(=O)c3cc(Cl)ccc3O)c2nc1C. The molecule has 138 valence electrons. The van der Waals surface area contributed by atoms with Gasteiger partial charge in [0.25, 0.3) is 11.8 Å². The predicted octanol–water partition coefficient (Wildman–Crippen LogP) is 2.82. The van der Waals surface area contributed by atoms with Gasteiger partial charge < -0.3 is 5.11 Å². The molecule has 3 aromatic rings. The van der Waals surface area contributed by atoms with E-state index in [1.165, 1.54) is 24.3 Å². The zero-order chi connectivity index (χ0) is 19.7. The first-order chi connectivity index (χ1) is 12.8. The summed E-state index contributed by atoms with van der Waals surface area (Å²) in [6, 6.07) is 6.08. The molecule has 0 aliphatic rings. The zero-order valence-corrected chi connectivity index (χ0v) is 15.1. The highest BCUT2D eigenvalue weighted by molar-refractivity contribution is 6.31. The summed E-state index contributed by atoms with van der Waals surface area (Å²) in [5.41, 5.74) is 5.74. The molecule has 9 heteroatoms. The van der Waals surface area contributed by atoms with Crippen LogP contribution in [-0.4, -0.2) is 26.9 Å². The Hall–Kier alpha value is -3.26. The van der Waals surface area contributed by atoms with Crippen molar-refractivity contribution in [3.05, 3.63) is 63.7 Å². The molecule has 3 rings (SSSR count). The van der Waals surface area contributed by atoms with Crippen LogP contribution in [0.1, 0.15) is 32.1 Å². The third-order valence-corrected chi connectivity index (χ3v) is 4.12. The van der Waals surface area contributed by atoms with Crippen molar-refractivity contribution in [1.82, 2.24) is 20.8 Å². The van der Waals surface area contributed by atoms with E-state index in [9.17, 15) is 19.1 Å². The van der Waals surface area contributed by atoms with E-state index in [1.807, 2.05) is 0 Å². The Morgan fingerprint density at radius 3 is 2.33 bits per heavy atom. The first-order valence-corrected chi connectivity index (χ1v) is 8.17. The Kier molecular flexibility index (Phi) is 4.91. The van der Waals surface area contributed by atoms with E-state index in [4.69, 9.17) is 11.6 Å². The Balaban J connectivity index is 1.87. The van der Waals surface area contributed by atoms with E-state index < -0.39 is 17.6 Å². The molecular formula is C18H14ClFN4O3. The zero-order valence-electron chi connectivity index (χ0n) is 14.3. The Morgan fingerprint density at radius 2 is 1.63 bits per heavy atom. The third kappa shape index (κ3) is 3.80. The van der Waals surface area contributed by atoms with E-state index in [1.54, 1.807) is 13.8 Å². The van der Waals surface area contributed by atoms with Crippen molar-refractivity contribution >= 4 is 34.4 Å². The number of aromatic hydroxyl groups is 1. The van der Waals surface area contributed by atoms with Crippen molar-refractivity contribution < 1.29 is 19.1 Å². The average molecular weight is 389 g/mol. The topological polar surface area (TPSA) is 104 Å². The van der Waals surface area contributed by atoms with Gasteiger partial charge in [-0.15, -0.1) is 0 Å². The number of hydrazine groups is 1. The fourth-order valence-electron chi connectivity index (χ4n) is 2.41. The molecule has 0 fully saturated rings. The number of aryl methyl sites for hydroxylation is 2. The van der Waals surface area contributed by atoms with Crippen LogP contribution in [0.25, 0.3) is 11.0 Å². The largest absolute Gasteiger partial charge is 0.507 e. The maximum atomic E-state index is 13.9. The van der Waals surface area contributed by atoms with Crippen LogP contribution in [0, 0.1) is 19.7 Å². The van der Waals surface area contributed by atoms with Crippen molar-refractivity contribution in [2.75, 3.05) is 0 Å². The van der Waals surface area contributed by atoms with Crippen molar-refractivity contribution in [2.24, 2.45) is 0 Å². The number of phenolic OH excluding ortho intramolecular Hbond substituents is 1. The van der Waals surface area contributed by atoms with Gasteiger partial charge >= 0.3 is 0 Å². The number of hydrogen-bond acceptors (Lipinski definition) is 5. The average Bonchev–Trinajstić information content (AvgIpc) is 2.62. The molecule has 3 N–H and O–H groups in total. The number of carbonyl (C=O) groups excluding carboxylic acids is 2. The molecule has 0 aliphatic heterocycles. The van der Waals surface area contributed by atoms with Gasteiger partial charge in [-0.25, -0.2) is 14.4 Å². The van der Waals surface area contributed by atoms with Crippen molar-refractivity contribution in [3.63, 3.8) is 0 Å². The standard InChI is InChI=1S/C18H14ClFN4O3/c1-8-9(2)22-16-13(6-11(20)7-14(16)21-8)18(27)24-23-17(26)12-5-10(19)3-4-15(12)25/h3-7,25H,1-2H3,(H,23,26)(H,24,27). The van der Waals surface area contributed by atoms with Gasteiger partial charge in [0.2, 0.25) is 0 Å². The number of nitrogens with zero attached hydrogens (tertiary/aromatic N) is 2. The molecule has 1 aromatic heterocycles. The van der Waals surface area contributed by atoms with E-state index in [0.29, 0.717) is 11.4 Å². The number of amides is 2. The summed E-state index contributed by atoms with van der Waals surface area (Å²) in [4.78, 5) is 33.1. The minimum atomic E-state index is -0.790. The molecule has 0 bridgehead atoms. The van der Waals surface area contributed by atoms with E-state index in [0.717, 1.165) is 6.07 Å². The molecule has 0 aliphatic carbocycles. The number of benzene rings is 2. The van der Waals surface area contributed by atoms with Gasteiger partial charge in [0.15, 0.2) is 0 Å². The molecule has 0 radical (unpaired) electrons. The minimum Gasteiger partial charge on any atom is -0.507 e. The number of hydrogen-bond donors (Lipinski definition) is 3. The normalized spacial score (nSPS) is 10.7. The van der Waals surface area contributed by atoms with Gasteiger partial charge in [-0.3, -0.25) is 20.4 Å². The third-order valence-electron chi connectivity index (χ3n) is 3.88. The van der Waals surface area contributed by atoms with Crippen LogP contribution in [-0.2, 0) is 0 Å². The van der Waals surface area contributed by atoms with Crippen LogP contribution in [0.5, 0.6) is 5.75 Å². The van der Waals surface area contributed by atoms with E-state index in [-0.39, 0.29) is 32.9 Å². The van der Waals surface area contributed by atoms with Gasteiger partial charge in [0.05, 0.1) is 28.0 Å². The van der Waals surface area contributed by atoms with Crippen LogP contribution in [0.3, 0.4) is 0 Å². The molecule has 27 heavy (non-hydrogen) atoms. The number of nitrogens with one attached hydrogen (secondary N) is 2. The highest BCUT2D eigenvalue weighted by atomic mass is 35.5. The molecule has 7 nitrogen and oxygen atoms in total. The molecule has 2 amide bonds. The maximum absolute atomic E-state index is 13.9. The summed E-state index contributed by atoms with van der Waals surface area (Å²) < 4.78 is 13.9. The number of fused-ring (bicyclic) bond motifs is 1.